The molecule has 0 spiro atoms. The Bertz CT molecular complexity index is 808. The molecule has 1 aromatic heterocycles. The van der Waals surface area contributed by atoms with E-state index < -0.39 is 0 Å². The molecule has 0 saturated carbocycles. The molecule has 3 rings (SSSR count). The van der Waals surface area contributed by atoms with E-state index in [1.807, 2.05) is 24.3 Å². The third-order valence-electron chi connectivity index (χ3n) is 4.09. The van der Waals surface area contributed by atoms with Gasteiger partial charge in [0.2, 0.25) is 0 Å². The van der Waals surface area contributed by atoms with Crippen LogP contribution in [0.3, 0.4) is 0 Å². The van der Waals surface area contributed by atoms with Crippen LogP contribution < -0.4 is 15.2 Å². The summed E-state index contributed by atoms with van der Waals surface area (Å²) in [5, 5.41) is 1.21. The molecule has 4 nitrogen and oxygen atoms in total. The van der Waals surface area contributed by atoms with Crippen molar-refractivity contribution in [2.45, 2.75) is 26.6 Å². The van der Waals surface area contributed by atoms with Gasteiger partial charge in [-0.25, -0.2) is 0 Å². The van der Waals surface area contributed by atoms with Gasteiger partial charge in [-0.3, -0.25) is 0 Å². The molecule has 3 aromatic rings. The van der Waals surface area contributed by atoms with Crippen molar-refractivity contribution in [2.24, 2.45) is 5.73 Å². The lowest BCUT2D eigenvalue weighted by atomic mass is 10.1. The Morgan fingerprint density at radius 2 is 1.83 bits per heavy atom. The molecule has 0 amide bonds. The summed E-state index contributed by atoms with van der Waals surface area (Å²) < 4.78 is 13.5. The van der Waals surface area contributed by atoms with Crippen LogP contribution in [0.4, 0.5) is 0 Å². The molecule has 0 aliphatic rings. The van der Waals surface area contributed by atoms with Gasteiger partial charge in [0.05, 0.1) is 12.8 Å². The van der Waals surface area contributed by atoms with Gasteiger partial charge in [-0.05, 0) is 36.8 Å². The van der Waals surface area contributed by atoms with Crippen LogP contribution in [-0.2, 0) is 19.7 Å². The molecule has 0 aliphatic heterocycles. The van der Waals surface area contributed by atoms with Crippen molar-refractivity contribution in [3.63, 3.8) is 0 Å². The summed E-state index contributed by atoms with van der Waals surface area (Å²) in [4.78, 5) is 0. The van der Waals surface area contributed by atoms with Crippen LogP contribution in [0.1, 0.15) is 18.2 Å². The van der Waals surface area contributed by atoms with E-state index in [0.29, 0.717) is 13.2 Å². The van der Waals surface area contributed by atoms with Crippen molar-refractivity contribution >= 4 is 10.9 Å². The second kappa shape index (κ2) is 6.75. The van der Waals surface area contributed by atoms with Gasteiger partial charge in [0, 0.05) is 30.1 Å². The number of aromatic nitrogens is 1. The largest absolute Gasteiger partial charge is 0.497 e. The van der Waals surface area contributed by atoms with Gasteiger partial charge in [-0.15, -0.1) is 0 Å². The van der Waals surface area contributed by atoms with E-state index in [4.69, 9.17) is 15.2 Å². The van der Waals surface area contributed by atoms with Gasteiger partial charge in [0.1, 0.15) is 18.1 Å². The second-order valence-electron chi connectivity index (χ2n) is 5.40. The standard InChI is InChI=1S/C19H22N2O2/c1-3-21-15(10-18-14(12-20)6-4-9-19(18)21)13-23-17-8-5-7-16(11-17)22-2/h4-11H,3,12-13,20H2,1-2H3. The van der Waals surface area contributed by atoms with Crippen molar-refractivity contribution in [3.8, 4) is 11.5 Å². The normalized spacial score (nSPS) is 10.9. The molecule has 0 aliphatic carbocycles. The average molecular weight is 310 g/mol. The van der Waals surface area contributed by atoms with Crippen LogP contribution in [0.15, 0.2) is 48.5 Å². The molecule has 0 fully saturated rings. The first-order chi connectivity index (χ1) is 11.3. The zero-order valence-electron chi connectivity index (χ0n) is 13.6. The summed E-state index contributed by atoms with van der Waals surface area (Å²) in [6, 6.07) is 16.1. The van der Waals surface area contributed by atoms with Crippen LogP contribution in [0.2, 0.25) is 0 Å². The van der Waals surface area contributed by atoms with Crippen molar-refractivity contribution in [3.05, 3.63) is 59.8 Å². The number of rotatable bonds is 6. The fourth-order valence-electron chi connectivity index (χ4n) is 2.92. The Morgan fingerprint density at radius 3 is 2.57 bits per heavy atom. The predicted octanol–water partition coefficient (Wildman–Crippen LogP) is 3.71. The maximum absolute atomic E-state index is 5.95. The Hall–Kier alpha value is -2.46. The highest BCUT2D eigenvalue weighted by Crippen LogP contribution is 2.25. The minimum absolute atomic E-state index is 0.514. The van der Waals surface area contributed by atoms with Gasteiger partial charge >= 0.3 is 0 Å². The van der Waals surface area contributed by atoms with E-state index in [9.17, 15) is 0 Å². The lowest BCUT2D eigenvalue weighted by Crippen LogP contribution is -2.04. The lowest BCUT2D eigenvalue weighted by Gasteiger charge is -2.10. The number of fused-ring (bicyclic) bond motifs is 1. The number of aryl methyl sites for hydroxylation is 1. The van der Waals surface area contributed by atoms with Crippen molar-refractivity contribution < 1.29 is 9.47 Å². The Morgan fingerprint density at radius 1 is 1.04 bits per heavy atom. The third-order valence-corrected chi connectivity index (χ3v) is 4.09. The first kappa shape index (κ1) is 15.4. The average Bonchev–Trinajstić information content (AvgIpc) is 2.97. The minimum Gasteiger partial charge on any atom is -0.497 e. The zero-order valence-corrected chi connectivity index (χ0v) is 13.6. The zero-order chi connectivity index (χ0) is 16.2. The van der Waals surface area contributed by atoms with E-state index in [0.717, 1.165) is 29.3 Å². The van der Waals surface area contributed by atoms with Crippen LogP contribution in [0, 0.1) is 0 Å². The van der Waals surface area contributed by atoms with Crippen LogP contribution >= 0.6 is 0 Å². The Labute approximate surface area is 136 Å². The summed E-state index contributed by atoms with van der Waals surface area (Å²) in [7, 11) is 1.66. The molecule has 120 valence electrons. The summed E-state index contributed by atoms with van der Waals surface area (Å²) in [5.41, 5.74) is 9.38. The highest BCUT2D eigenvalue weighted by molar-refractivity contribution is 5.84. The maximum atomic E-state index is 5.95. The van der Waals surface area contributed by atoms with E-state index in [1.165, 1.54) is 10.9 Å². The fourth-order valence-corrected chi connectivity index (χ4v) is 2.92. The lowest BCUT2D eigenvalue weighted by molar-refractivity contribution is 0.294. The summed E-state index contributed by atoms with van der Waals surface area (Å²) in [6.45, 7) is 4.10. The highest BCUT2D eigenvalue weighted by atomic mass is 16.5. The monoisotopic (exact) mass is 310 g/mol. The van der Waals surface area contributed by atoms with E-state index in [-0.39, 0.29) is 0 Å². The Kier molecular flexibility index (Phi) is 4.53. The number of benzene rings is 2. The molecule has 23 heavy (non-hydrogen) atoms. The summed E-state index contributed by atoms with van der Waals surface area (Å²) in [5.74, 6) is 1.60. The van der Waals surface area contributed by atoms with Gasteiger partial charge < -0.3 is 19.8 Å². The summed E-state index contributed by atoms with van der Waals surface area (Å²) in [6.07, 6.45) is 0. The van der Waals surface area contributed by atoms with Gasteiger partial charge in [0.25, 0.3) is 0 Å². The Balaban J connectivity index is 1.90. The van der Waals surface area contributed by atoms with E-state index in [2.05, 4.69) is 35.8 Å². The molecule has 4 heteroatoms. The van der Waals surface area contributed by atoms with E-state index in [1.54, 1.807) is 7.11 Å². The number of methoxy groups -OCH3 is 1. The number of nitrogens with zero attached hydrogens (tertiary/aromatic N) is 1. The van der Waals surface area contributed by atoms with Crippen molar-refractivity contribution in [2.75, 3.05) is 7.11 Å². The van der Waals surface area contributed by atoms with Gasteiger partial charge in [0.15, 0.2) is 0 Å². The molecule has 0 saturated heterocycles. The SMILES string of the molecule is CCn1c(COc2cccc(OC)c2)cc2c(CN)cccc21. The van der Waals surface area contributed by atoms with Crippen molar-refractivity contribution in [1.29, 1.82) is 0 Å². The molecule has 0 atom stereocenters. The maximum Gasteiger partial charge on any atom is 0.128 e. The van der Waals surface area contributed by atoms with Crippen LogP contribution in [0.25, 0.3) is 10.9 Å². The molecular weight excluding hydrogens is 288 g/mol. The molecule has 0 bridgehead atoms. The van der Waals surface area contributed by atoms with Gasteiger partial charge in [-0.2, -0.15) is 0 Å². The van der Waals surface area contributed by atoms with E-state index >= 15 is 0 Å². The molecule has 0 unspecified atom stereocenters. The third kappa shape index (κ3) is 3.03. The van der Waals surface area contributed by atoms with Crippen LogP contribution in [-0.4, -0.2) is 11.7 Å². The minimum atomic E-state index is 0.514. The quantitative estimate of drug-likeness (QED) is 0.755. The van der Waals surface area contributed by atoms with Crippen LogP contribution in [0.5, 0.6) is 11.5 Å². The smallest absolute Gasteiger partial charge is 0.128 e. The highest BCUT2D eigenvalue weighted by Gasteiger charge is 2.10. The van der Waals surface area contributed by atoms with Gasteiger partial charge in [-0.1, -0.05) is 18.2 Å². The molecule has 2 N–H and O–H groups in total. The van der Waals surface area contributed by atoms with Crippen molar-refractivity contribution in [1.82, 2.24) is 4.57 Å². The fraction of sp³-hybridized carbons (Fsp3) is 0.263. The number of hydrogen-bond donors (Lipinski definition) is 1. The molecular formula is C19H22N2O2. The first-order valence-corrected chi connectivity index (χ1v) is 7.83. The molecule has 2 aromatic carbocycles. The molecule has 1 heterocycles. The number of ether oxygens (including phenoxy) is 2. The molecule has 0 radical (unpaired) electrons. The number of nitrogens with two attached hydrogens (primary N) is 1. The number of hydrogen-bond acceptors (Lipinski definition) is 3. The predicted molar refractivity (Wildman–Crippen MR) is 92.8 cm³/mol. The topological polar surface area (TPSA) is 49.4 Å². The first-order valence-electron chi connectivity index (χ1n) is 7.83. The second-order valence-corrected chi connectivity index (χ2v) is 5.40. The summed E-state index contributed by atoms with van der Waals surface area (Å²) >= 11 is 0.